The second kappa shape index (κ2) is 6.32. The Hall–Kier alpha value is -1.30. The first-order valence-electron chi connectivity index (χ1n) is 5.12. The maximum atomic E-state index is 11.2. The van der Waals surface area contributed by atoms with Gasteiger partial charge in [-0.05, 0) is 13.8 Å². The first kappa shape index (κ1) is 12.8. The highest BCUT2D eigenvalue weighted by molar-refractivity contribution is 7.99. The smallest absolute Gasteiger partial charge is 0.220 e. The van der Waals surface area contributed by atoms with Crippen molar-refractivity contribution in [1.82, 2.24) is 15.3 Å². The topological polar surface area (TPSA) is 80.9 Å². The van der Waals surface area contributed by atoms with Crippen LogP contribution >= 0.6 is 11.8 Å². The third kappa shape index (κ3) is 4.48. The van der Waals surface area contributed by atoms with E-state index in [4.69, 9.17) is 5.73 Å². The normalized spacial score (nSPS) is 10.1. The maximum absolute atomic E-state index is 11.2. The summed E-state index contributed by atoms with van der Waals surface area (Å²) in [6, 6.07) is 1.72. The molecule has 5 nitrogen and oxygen atoms in total. The largest absolute Gasteiger partial charge is 0.384 e. The molecule has 0 aliphatic heterocycles. The molecule has 1 aromatic rings. The fourth-order valence-electron chi connectivity index (χ4n) is 1.15. The van der Waals surface area contributed by atoms with Crippen LogP contribution in [-0.4, -0.2) is 28.2 Å². The van der Waals surface area contributed by atoms with Crippen molar-refractivity contribution in [3.63, 3.8) is 0 Å². The molecule has 0 aliphatic carbocycles. The third-order valence-electron chi connectivity index (χ3n) is 1.79. The number of nitrogen functional groups attached to an aromatic ring is 1. The Balaban J connectivity index is 2.40. The van der Waals surface area contributed by atoms with E-state index in [9.17, 15) is 4.79 Å². The number of nitrogens with one attached hydrogen (secondary N) is 1. The Morgan fingerprint density at radius 3 is 2.94 bits per heavy atom. The highest BCUT2D eigenvalue weighted by Crippen LogP contribution is 2.15. The van der Waals surface area contributed by atoms with E-state index < -0.39 is 0 Å². The summed E-state index contributed by atoms with van der Waals surface area (Å²) in [7, 11) is 0. The van der Waals surface area contributed by atoms with E-state index in [0.717, 1.165) is 5.69 Å². The van der Waals surface area contributed by atoms with Gasteiger partial charge in [-0.1, -0.05) is 11.8 Å². The van der Waals surface area contributed by atoms with Crippen molar-refractivity contribution >= 4 is 23.5 Å². The molecule has 1 heterocycles. The highest BCUT2D eigenvalue weighted by Gasteiger charge is 2.03. The lowest BCUT2D eigenvalue weighted by atomic mass is 10.4. The molecule has 0 saturated carbocycles. The number of thioether (sulfide) groups is 1. The Morgan fingerprint density at radius 2 is 2.31 bits per heavy atom. The molecule has 88 valence electrons. The number of carbonyl (C=O) groups is 1. The number of carbonyl (C=O) groups excluding carboxylic acids is 1. The van der Waals surface area contributed by atoms with Gasteiger partial charge in [-0.3, -0.25) is 4.79 Å². The Morgan fingerprint density at radius 1 is 1.56 bits per heavy atom. The molecule has 0 unspecified atom stereocenters. The predicted octanol–water partition coefficient (Wildman–Crippen LogP) is 0.986. The molecule has 0 fully saturated rings. The SMILES string of the molecule is CCNC(=O)CCSc1nc(C)cc(N)n1. The molecule has 6 heteroatoms. The molecule has 0 radical (unpaired) electrons. The Kier molecular flexibility index (Phi) is 5.04. The highest BCUT2D eigenvalue weighted by atomic mass is 32.2. The van der Waals surface area contributed by atoms with E-state index in [-0.39, 0.29) is 5.91 Å². The zero-order valence-corrected chi connectivity index (χ0v) is 10.3. The van der Waals surface area contributed by atoms with Crippen LogP contribution in [0.1, 0.15) is 19.0 Å². The number of rotatable bonds is 5. The number of amides is 1. The van der Waals surface area contributed by atoms with Gasteiger partial charge < -0.3 is 11.1 Å². The summed E-state index contributed by atoms with van der Waals surface area (Å²) in [5.74, 6) is 1.18. The minimum Gasteiger partial charge on any atom is -0.384 e. The Bertz CT molecular complexity index is 350. The van der Waals surface area contributed by atoms with Crippen molar-refractivity contribution < 1.29 is 4.79 Å². The van der Waals surface area contributed by atoms with Crippen LogP contribution in [0.3, 0.4) is 0 Å². The first-order chi connectivity index (χ1) is 7.61. The summed E-state index contributed by atoms with van der Waals surface area (Å²) in [6.07, 6.45) is 0.468. The minimum atomic E-state index is 0.0515. The minimum absolute atomic E-state index is 0.0515. The zero-order chi connectivity index (χ0) is 12.0. The average Bonchev–Trinajstić information content (AvgIpc) is 2.16. The predicted molar refractivity (Wildman–Crippen MR) is 65.2 cm³/mol. The summed E-state index contributed by atoms with van der Waals surface area (Å²) in [6.45, 7) is 4.43. The van der Waals surface area contributed by atoms with Crippen molar-refractivity contribution in [3.05, 3.63) is 11.8 Å². The van der Waals surface area contributed by atoms with Crippen LogP contribution in [0.25, 0.3) is 0 Å². The molecule has 0 aliphatic rings. The molecule has 1 rings (SSSR count). The molecular weight excluding hydrogens is 224 g/mol. The van der Waals surface area contributed by atoms with Crippen LogP contribution in [0.15, 0.2) is 11.2 Å². The second-order valence-corrected chi connectivity index (χ2v) is 4.33. The van der Waals surface area contributed by atoms with Crippen LogP contribution < -0.4 is 11.1 Å². The molecule has 0 aromatic carbocycles. The number of hydrogen-bond donors (Lipinski definition) is 2. The van der Waals surface area contributed by atoms with E-state index in [0.29, 0.717) is 29.7 Å². The fourth-order valence-corrected chi connectivity index (χ4v) is 2.00. The van der Waals surface area contributed by atoms with Gasteiger partial charge in [0.05, 0.1) is 0 Å². The molecule has 16 heavy (non-hydrogen) atoms. The van der Waals surface area contributed by atoms with Crippen molar-refractivity contribution in [2.75, 3.05) is 18.0 Å². The number of hydrogen-bond acceptors (Lipinski definition) is 5. The molecule has 0 bridgehead atoms. The van der Waals surface area contributed by atoms with Gasteiger partial charge in [0.2, 0.25) is 5.91 Å². The number of nitrogens with zero attached hydrogens (tertiary/aromatic N) is 2. The van der Waals surface area contributed by atoms with Crippen LogP contribution in [0.5, 0.6) is 0 Å². The molecule has 0 spiro atoms. The van der Waals surface area contributed by atoms with Gasteiger partial charge in [0.1, 0.15) is 5.82 Å². The molecule has 0 saturated heterocycles. The van der Waals surface area contributed by atoms with Gasteiger partial charge in [0, 0.05) is 30.5 Å². The van der Waals surface area contributed by atoms with Gasteiger partial charge in [-0.2, -0.15) is 0 Å². The lowest BCUT2D eigenvalue weighted by molar-refractivity contribution is -0.120. The standard InChI is InChI=1S/C10H16N4OS/c1-3-12-9(15)4-5-16-10-13-7(2)6-8(11)14-10/h6H,3-5H2,1-2H3,(H,12,15)(H2,11,13,14). The van der Waals surface area contributed by atoms with E-state index in [2.05, 4.69) is 15.3 Å². The van der Waals surface area contributed by atoms with Gasteiger partial charge in [0.15, 0.2) is 5.16 Å². The van der Waals surface area contributed by atoms with Gasteiger partial charge in [-0.25, -0.2) is 9.97 Å². The summed E-state index contributed by atoms with van der Waals surface area (Å²) < 4.78 is 0. The summed E-state index contributed by atoms with van der Waals surface area (Å²) in [4.78, 5) is 19.5. The van der Waals surface area contributed by atoms with Crippen molar-refractivity contribution in [3.8, 4) is 0 Å². The monoisotopic (exact) mass is 240 g/mol. The molecule has 0 atom stereocenters. The van der Waals surface area contributed by atoms with E-state index in [1.165, 1.54) is 11.8 Å². The number of nitrogens with two attached hydrogens (primary N) is 1. The van der Waals surface area contributed by atoms with Crippen LogP contribution in [0, 0.1) is 6.92 Å². The zero-order valence-electron chi connectivity index (χ0n) is 9.49. The Labute approximate surface area is 99.2 Å². The van der Waals surface area contributed by atoms with E-state index in [1.54, 1.807) is 6.07 Å². The average molecular weight is 240 g/mol. The van der Waals surface area contributed by atoms with Gasteiger partial charge >= 0.3 is 0 Å². The lowest BCUT2D eigenvalue weighted by Crippen LogP contribution is -2.22. The number of aromatic nitrogens is 2. The van der Waals surface area contributed by atoms with E-state index >= 15 is 0 Å². The molecule has 1 aromatic heterocycles. The van der Waals surface area contributed by atoms with Crippen LogP contribution in [0.4, 0.5) is 5.82 Å². The van der Waals surface area contributed by atoms with Gasteiger partial charge in [-0.15, -0.1) is 0 Å². The first-order valence-corrected chi connectivity index (χ1v) is 6.11. The third-order valence-corrected chi connectivity index (χ3v) is 2.64. The number of anilines is 1. The van der Waals surface area contributed by atoms with Gasteiger partial charge in [0.25, 0.3) is 0 Å². The van der Waals surface area contributed by atoms with E-state index in [1.807, 2.05) is 13.8 Å². The maximum Gasteiger partial charge on any atom is 0.220 e. The number of aryl methyl sites for hydroxylation is 1. The fraction of sp³-hybridized carbons (Fsp3) is 0.500. The van der Waals surface area contributed by atoms with Crippen molar-refractivity contribution in [1.29, 1.82) is 0 Å². The molecular formula is C10H16N4OS. The van der Waals surface area contributed by atoms with Crippen molar-refractivity contribution in [2.45, 2.75) is 25.4 Å². The lowest BCUT2D eigenvalue weighted by Gasteiger charge is -2.03. The summed E-state index contributed by atoms with van der Waals surface area (Å²) >= 11 is 1.44. The van der Waals surface area contributed by atoms with Crippen molar-refractivity contribution in [2.24, 2.45) is 0 Å². The second-order valence-electron chi connectivity index (χ2n) is 3.27. The summed E-state index contributed by atoms with van der Waals surface area (Å²) in [5, 5.41) is 3.36. The molecule has 1 amide bonds. The van der Waals surface area contributed by atoms with Crippen LogP contribution in [-0.2, 0) is 4.79 Å². The van der Waals surface area contributed by atoms with Crippen LogP contribution in [0.2, 0.25) is 0 Å². The molecule has 3 N–H and O–H groups in total. The quantitative estimate of drug-likeness (QED) is 0.592. The summed E-state index contributed by atoms with van der Waals surface area (Å²) in [5.41, 5.74) is 6.44.